The standard InChI is InChI=1S/C20H27N5/c1-14-8-15(2)10-17(9-14)23-19-22-11-16-12-25(13-18(16)24-19)20(3)4-6-21-7-5-20/h8-11,21H,4-7,12-13H2,1-3H3,(H,22,23,24). The van der Waals surface area contributed by atoms with Crippen LogP contribution in [0.4, 0.5) is 11.6 Å². The predicted molar refractivity (Wildman–Crippen MR) is 101 cm³/mol. The molecule has 1 saturated heterocycles. The summed E-state index contributed by atoms with van der Waals surface area (Å²) in [6.45, 7) is 10.7. The minimum absolute atomic E-state index is 0.271. The molecule has 1 aromatic heterocycles. The summed E-state index contributed by atoms with van der Waals surface area (Å²) in [6, 6.07) is 6.43. The van der Waals surface area contributed by atoms with Gasteiger partial charge in [0.25, 0.3) is 0 Å². The maximum atomic E-state index is 4.80. The summed E-state index contributed by atoms with van der Waals surface area (Å²) in [5.74, 6) is 0.695. The molecule has 132 valence electrons. The van der Waals surface area contributed by atoms with Crippen LogP contribution in [0.25, 0.3) is 0 Å². The molecule has 0 atom stereocenters. The van der Waals surface area contributed by atoms with E-state index in [0.29, 0.717) is 5.95 Å². The van der Waals surface area contributed by atoms with Gasteiger partial charge in [-0.15, -0.1) is 0 Å². The third kappa shape index (κ3) is 3.39. The van der Waals surface area contributed by atoms with Gasteiger partial charge in [0.2, 0.25) is 5.95 Å². The molecule has 5 heteroatoms. The van der Waals surface area contributed by atoms with Crippen molar-refractivity contribution in [1.82, 2.24) is 20.2 Å². The second kappa shape index (κ2) is 6.39. The molecule has 0 bridgehead atoms. The maximum absolute atomic E-state index is 4.80. The van der Waals surface area contributed by atoms with Crippen molar-refractivity contribution < 1.29 is 0 Å². The van der Waals surface area contributed by atoms with Gasteiger partial charge in [0.15, 0.2) is 0 Å². The van der Waals surface area contributed by atoms with Crippen LogP contribution in [0.5, 0.6) is 0 Å². The van der Waals surface area contributed by atoms with E-state index in [2.05, 4.69) is 59.5 Å². The topological polar surface area (TPSA) is 53.1 Å². The SMILES string of the molecule is Cc1cc(C)cc(Nc2ncc3c(n2)CN(C2(C)CCNCC2)C3)c1. The van der Waals surface area contributed by atoms with E-state index in [9.17, 15) is 0 Å². The Kier molecular flexibility index (Phi) is 4.21. The Bertz CT molecular complexity index is 759. The fourth-order valence-corrected chi connectivity index (χ4v) is 4.05. The molecule has 0 spiro atoms. The van der Waals surface area contributed by atoms with Gasteiger partial charge >= 0.3 is 0 Å². The van der Waals surface area contributed by atoms with Crippen LogP contribution in [-0.4, -0.2) is 33.5 Å². The average Bonchev–Trinajstić information content (AvgIpc) is 2.99. The number of hydrogen-bond acceptors (Lipinski definition) is 5. The largest absolute Gasteiger partial charge is 0.324 e. The molecule has 0 unspecified atom stereocenters. The van der Waals surface area contributed by atoms with Crippen LogP contribution in [0.1, 0.15) is 42.1 Å². The Hall–Kier alpha value is -1.98. The van der Waals surface area contributed by atoms with E-state index in [1.54, 1.807) is 0 Å². The van der Waals surface area contributed by atoms with Crippen molar-refractivity contribution in [3.8, 4) is 0 Å². The van der Waals surface area contributed by atoms with Gasteiger partial charge in [0.05, 0.1) is 5.69 Å². The summed E-state index contributed by atoms with van der Waals surface area (Å²) < 4.78 is 0. The number of fused-ring (bicyclic) bond motifs is 1. The summed E-state index contributed by atoms with van der Waals surface area (Å²) in [7, 11) is 0. The summed E-state index contributed by atoms with van der Waals surface area (Å²) in [6.07, 6.45) is 4.39. The highest BCUT2D eigenvalue weighted by Gasteiger charge is 2.37. The van der Waals surface area contributed by atoms with Crippen LogP contribution in [0, 0.1) is 13.8 Å². The number of nitrogens with one attached hydrogen (secondary N) is 2. The van der Waals surface area contributed by atoms with Crippen LogP contribution in [0.15, 0.2) is 24.4 Å². The number of hydrogen-bond donors (Lipinski definition) is 2. The normalized spacial score (nSPS) is 19.6. The second-order valence-corrected chi connectivity index (χ2v) is 7.77. The van der Waals surface area contributed by atoms with Crippen LogP contribution in [0.2, 0.25) is 0 Å². The Morgan fingerprint density at radius 3 is 2.52 bits per heavy atom. The van der Waals surface area contributed by atoms with Crippen LogP contribution >= 0.6 is 0 Å². The average molecular weight is 337 g/mol. The Morgan fingerprint density at radius 2 is 1.80 bits per heavy atom. The number of piperidine rings is 1. The third-order valence-corrected chi connectivity index (χ3v) is 5.58. The lowest BCUT2D eigenvalue weighted by molar-refractivity contribution is 0.0688. The first kappa shape index (κ1) is 16.5. The van der Waals surface area contributed by atoms with Crippen molar-refractivity contribution in [2.24, 2.45) is 0 Å². The first-order chi connectivity index (χ1) is 12.0. The molecule has 0 amide bonds. The third-order valence-electron chi connectivity index (χ3n) is 5.58. The molecular formula is C20H27N5. The van der Waals surface area contributed by atoms with Gasteiger partial charge in [0, 0.05) is 36.1 Å². The zero-order valence-electron chi connectivity index (χ0n) is 15.4. The van der Waals surface area contributed by atoms with Gasteiger partial charge in [-0.3, -0.25) is 4.90 Å². The van der Waals surface area contributed by atoms with E-state index >= 15 is 0 Å². The molecule has 0 aliphatic carbocycles. The van der Waals surface area contributed by atoms with Gasteiger partial charge in [0.1, 0.15) is 0 Å². The monoisotopic (exact) mass is 337 g/mol. The summed E-state index contributed by atoms with van der Waals surface area (Å²) in [5.41, 5.74) is 6.25. The van der Waals surface area contributed by atoms with Crippen molar-refractivity contribution in [2.45, 2.75) is 52.2 Å². The number of aromatic nitrogens is 2. The minimum Gasteiger partial charge on any atom is -0.324 e. The first-order valence-corrected chi connectivity index (χ1v) is 9.18. The van der Waals surface area contributed by atoms with E-state index in [4.69, 9.17) is 4.98 Å². The lowest BCUT2D eigenvalue weighted by Gasteiger charge is -2.42. The Morgan fingerprint density at radius 1 is 1.08 bits per heavy atom. The summed E-state index contributed by atoms with van der Waals surface area (Å²) in [4.78, 5) is 11.9. The highest BCUT2D eigenvalue weighted by atomic mass is 15.2. The Balaban J connectivity index is 1.52. The Labute approximate surface area is 149 Å². The quantitative estimate of drug-likeness (QED) is 0.900. The highest BCUT2D eigenvalue weighted by molar-refractivity contribution is 5.56. The molecule has 3 heterocycles. The number of benzene rings is 1. The molecule has 1 fully saturated rings. The smallest absolute Gasteiger partial charge is 0.227 e. The van der Waals surface area contributed by atoms with E-state index in [0.717, 1.165) is 31.9 Å². The van der Waals surface area contributed by atoms with Crippen molar-refractivity contribution in [3.63, 3.8) is 0 Å². The molecule has 2 aliphatic heterocycles. The van der Waals surface area contributed by atoms with Crippen molar-refractivity contribution in [3.05, 3.63) is 46.8 Å². The number of nitrogens with zero attached hydrogens (tertiary/aromatic N) is 3. The molecule has 0 radical (unpaired) electrons. The molecule has 2 aliphatic rings. The van der Waals surface area contributed by atoms with E-state index < -0.39 is 0 Å². The fraction of sp³-hybridized carbons (Fsp3) is 0.500. The van der Waals surface area contributed by atoms with E-state index in [1.165, 1.54) is 35.2 Å². The molecular weight excluding hydrogens is 310 g/mol. The van der Waals surface area contributed by atoms with Crippen LogP contribution in [-0.2, 0) is 13.1 Å². The van der Waals surface area contributed by atoms with Crippen LogP contribution in [0.3, 0.4) is 0 Å². The lowest BCUT2D eigenvalue weighted by atomic mass is 9.89. The molecule has 4 rings (SSSR count). The molecule has 0 saturated carbocycles. The first-order valence-electron chi connectivity index (χ1n) is 9.18. The molecule has 2 N–H and O–H groups in total. The predicted octanol–water partition coefficient (Wildman–Crippen LogP) is 3.29. The number of aryl methyl sites for hydroxylation is 2. The van der Waals surface area contributed by atoms with Crippen LogP contribution < -0.4 is 10.6 Å². The molecule has 2 aromatic rings. The molecule has 25 heavy (non-hydrogen) atoms. The number of anilines is 2. The van der Waals surface area contributed by atoms with Crippen molar-refractivity contribution in [2.75, 3.05) is 18.4 Å². The molecule has 5 nitrogen and oxygen atoms in total. The zero-order chi connectivity index (χ0) is 17.4. The second-order valence-electron chi connectivity index (χ2n) is 7.77. The van der Waals surface area contributed by atoms with E-state index in [-0.39, 0.29) is 5.54 Å². The van der Waals surface area contributed by atoms with Gasteiger partial charge in [-0.05, 0) is 70.0 Å². The van der Waals surface area contributed by atoms with Gasteiger partial charge < -0.3 is 10.6 Å². The van der Waals surface area contributed by atoms with Gasteiger partial charge in [-0.2, -0.15) is 0 Å². The fourth-order valence-electron chi connectivity index (χ4n) is 4.05. The maximum Gasteiger partial charge on any atom is 0.227 e. The minimum atomic E-state index is 0.271. The zero-order valence-corrected chi connectivity index (χ0v) is 15.4. The highest BCUT2D eigenvalue weighted by Crippen LogP contribution is 2.34. The number of rotatable bonds is 3. The summed E-state index contributed by atoms with van der Waals surface area (Å²) >= 11 is 0. The summed E-state index contributed by atoms with van der Waals surface area (Å²) in [5, 5.41) is 6.83. The van der Waals surface area contributed by atoms with Crippen molar-refractivity contribution >= 4 is 11.6 Å². The lowest BCUT2D eigenvalue weighted by Crippen LogP contribution is -2.50. The molecule has 1 aromatic carbocycles. The van der Waals surface area contributed by atoms with Crippen molar-refractivity contribution in [1.29, 1.82) is 0 Å². The van der Waals surface area contributed by atoms with Gasteiger partial charge in [-0.25, -0.2) is 9.97 Å². The van der Waals surface area contributed by atoms with E-state index in [1.807, 2.05) is 6.20 Å². The van der Waals surface area contributed by atoms with Gasteiger partial charge in [-0.1, -0.05) is 6.07 Å².